The van der Waals surface area contributed by atoms with E-state index >= 15 is 0 Å². The van der Waals surface area contributed by atoms with E-state index in [4.69, 9.17) is 16.3 Å². The largest absolute Gasteiger partial charge is 0.465 e. The van der Waals surface area contributed by atoms with Crippen molar-refractivity contribution >= 4 is 34.8 Å². The normalized spacial score (nSPS) is 16.2. The van der Waals surface area contributed by atoms with E-state index in [1.807, 2.05) is 35.4 Å². The number of aryl methyl sites for hydroxylation is 1. The number of benzene rings is 1. The summed E-state index contributed by atoms with van der Waals surface area (Å²) >= 11 is 7.46. The van der Waals surface area contributed by atoms with Crippen molar-refractivity contribution < 1.29 is 14.3 Å². The van der Waals surface area contributed by atoms with Crippen molar-refractivity contribution in [3.05, 3.63) is 56.7 Å². The van der Waals surface area contributed by atoms with Gasteiger partial charge >= 0.3 is 5.97 Å². The molecule has 1 saturated heterocycles. The molecule has 5 nitrogen and oxygen atoms in total. The second-order valence-electron chi connectivity index (χ2n) is 6.47. The molecule has 144 valence electrons. The van der Waals surface area contributed by atoms with E-state index in [9.17, 15) is 9.59 Å². The molecule has 0 bridgehead atoms. The van der Waals surface area contributed by atoms with E-state index < -0.39 is 6.04 Å². The number of rotatable bonds is 5. The number of esters is 1. The Labute approximate surface area is 168 Å². The Balaban J connectivity index is 1.72. The van der Waals surface area contributed by atoms with E-state index in [1.165, 1.54) is 11.3 Å². The van der Waals surface area contributed by atoms with E-state index in [1.54, 1.807) is 19.1 Å². The first kappa shape index (κ1) is 19.9. The quantitative estimate of drug-likeness (QED) is 0.709. The first-order valence-corrected chi connectivity index (χ1v) is 10.3. The molecular weight excluding hydrogens is 384 g/mol. The van der Waals surface area contributed by atoms with Crippen LogP contribution in [0.5, 0.6) is 0 Å². The minimum absolute atomic E-state index is 0.0707. The summed E-state index contributed by atoms with van der Waals surface area (Å²) in [6, 6.07) is 8.76. The summed E-state index contributed by atoms with van der Waals surface area (Å²) in [4.78, 5) is 30.0. The number of halogens is 1. The van der Waals surface area contributed by atoms with E-state index in [2.05, 4.69) is 4.90 Å². The Morgan fingerprint density at radius 1 is 1.15 bits per heavy atom. The standard InChI is InChI=1S/C20H23ClN2O3S/c1-3-26-20(25)17(15-4-6-16(21)7-5-15)22-9-11-23(12-10-22)19(24)18-14(2)8-13-27-18/h4-8,13,17H,3,9-12H2,1-2H3. The number of hydrogen-bond acceptors (Lipinski definition) is 5. The summed E-state index contributed by atoms with van der Waals surface area (Å²) in [6.07, 6.45) is 0. The van der Waals surface area contributed by atoms with Crippen LogP contribution < -0.4 is 0 Å². The molecule has 1 aromatic carbocycles. The van der Waals surface area contributed by atoms with Crippen LogP contribution in [0.1, 0.15) is 33.8 Å². The third-order valence-electron chi connectivity index (χ3n) is 4.72. The van der Waals surface area contributed by atoms with Crippen LogP contribution in [0.25, 0.3) is 0 Å². The smallest absolute Gasteiger partial charge is 0.328 e. The van der Waals surface area contributed by atoms with Crippen molar-refractivity contribution in [2.24, 2.45) is 0 Å². The fraction of sp³-hybridized carbons (Fsp3) is 0.400. The molecule has 7 heteroatoms. The molecule has 0 radical (unpaired) electrons. The highest BCUT2D eigenvalue weighted by Crippen LogP contribution is 2.26. The van der Waals surface area contributed by atoms with Gasteiger partial charge in [-0.15, -0.1) is 11.3 Å². The highest BCUT2D eigenvalue weighted by molar-refractivity contribution is 7.12. The summed E-state index contributed by atoms with van der Waals surface area (Å²) in [5, 5.41) is 2.57. The minimum Gasteiger partial charge on any atom is -0.465 e. The van der Waals surface area contributed by atoms with Crippen molar-refractivity contribution in [3.63, 3.8) is 0 Å². The van der Waals surface area contributed by atoms with Gasteiger partial charge in [-0.1, -0.05) is 23.7 Å². The van der Waals surface area contributed by atoms with Crippen LogP contribution in [0.2, 0.25) is 5.02 Å². The molecule has 2 aromatic rings. The van der Waals surface area contributed by atoms with Crippen molar-refractivity contribution in [1.29, 1.82) is 0 Å². The van der Waals surface area contributed by atoms with Crippen molar-refractivity contribution in [3.8, 4) is 0 Å². The zero-order chi connectivity index (χ0) is 19.4. The lowest BCUT2D eigenvalue weighted by atomic mass is 10.0. The van der Waals surface area contributed by atoms with Gasteiger partial charge in [-0.25, -0.2) is 4.79 Å². The molecule has 0 aliphatic carbocycles. The third-order valence-corrected chi connectivity index (χ3v) is 5.97. The summed E-state index contributed by atoms with van der Waals surface area (Å²) < 4.78 is 5.30. The first-order valence-electron chi connectivity index (χ1n) is 9.00. The van der Waals surface area contributed by atoms with Crippen LogP contribution in [0, 0.1) is 6.92 Å². The highest BCUT2D eigenvalue weighted by atomic mass is 35.5. The number of thiophene rings is 1. The Morgan fingerprint density at radius 2 is 1.81 bits per heavy atom. The molecule has 0 spiro atoms. The molecule has 0 saturated carbocycles. The summed E-state index contributed by atoms with van der Waals surface area (Å²) in [7, 11) is 0. The summed E-state index contributed by atoms with van der Waals surface area (Å²) in [6.45, 7) is 6.48. The Morgan fingerprint density at radius 3 is 2.37 bits per heavy atom. The molecule has 1 atom stereocenters. The van der Waals surface area contributed by atoms with Gasteiger partial charge in [0.25, 0.3) is 5.91 Å². The van der Waals surface area contributed by atoms with Crippen molar-refractivity contribution in [2.45, 2.75) is 19.9 Å². The monoisotopic (exact) mass is 406 g/mol. The van der Waals surface area contributed by atoms with Crippen LogP contribution in [0.3, 0.4) is 0 Å². The average molecular weight is 407 g/mol. The molecule has 0 N–H and O–H groups in total. The SMILES string of the molecule is CCOC(=O)C(c1ccc(Cl)cc1)N1CCN(C(=O)c2sccc2C)CC1. The number of carbonyl (C=O) groups excluding carboxylic acids is 2. The first-order chi connectivity index (χ1) is 13.0. The van der Waals surface area contributed by atoms with Gasteiger partial charge in [0.2, 0.25) is 0 Å². The lowest BCUT2D eigenvalue weighted by Crippen LogP contribution is -2.51. The fourth-order valence-electron chi connectivity index (χ4n) is 3.28. The van der Waals surface area contributed by atoms with Gasteiger partial charge in [-0.2, -0.15) is 0 Å². The van der Waals surface area contributed by atoms with Gasteiger partial charge in [-0.05, 0) is 48.6 Å². The lowest BCUT2D eigenvalue weighted by Gasteiger charge is -2.38. The zero-order valence-electron chi connectivity index (χ0n) is 15.5. The Hall–Kier alpha value is -1.89. The average Bonchev–Trinajstić information content (AvgIpc) is 3.10. The van der Waals surface area contributed by atoms with Crippen LogP contribution in [-0.4, -0.2) is 54.5 Å². The van der Waals surface area contributed by atoms with Gasteiger partial charge in [0.05, 0.1) is 11.5 Å². The lowest BCUT2D eigenvalue weighted by molar-refractivity contribution is -0.150. The van der Waals surface area contributed by atoms with Gasteiger partial charge in [0.15, 0.2) is 0 Å². The van der Waals surface area contributed by atoms with Gasteiger partial charge in [0, 0.05) is 31.2 Å². The second-order valence-corrected chi connectivity index (χ2v) is 7.82. The number of piperazine rings is 1. The summed E-state index contributed by atoms with van der Waals surface area (Å²) in [5.41, 5.74) is 1.87. The molecule has 1 amide bonds. The minimum atomic E-state index is -0.483. The molecule has 2 heterocycles. The molecule has 27 heavy (non-hydrogen) atoms. The van der Waals surface area contributed by atoms with Crippen LogP contribution in [0.4, 0.5) is 0 Å². The number of carbonyl (C=O) groups is 2. The van der Waals surface area contributed by atoms with E-state index in [0.717, 1.165) is 16.0 Å². The fourth-order valence-corrected chi connectivity index (χ4v) is 4.30. The van der Waals surface area contributed by atoms with Crippen LogP contribution in [0.15, 0.2) is 35.7 Å². The van der Waals surface area contributed by atoms with Gasteiger partial charge in [-0.3, -0.25) is 9.69 Å². The number of hydrogen-bond donors (Lipinski definition) is 0. The predicted molar refractivity (Wildman–Crippen MR) is 107 cm³/mol. The third kappa shape index (κ3) is 4.51. The highest BCUT2D eigenvalue weighted by Gasteiger charge is 2.33. The maximum absolute atomic E-state index is 12.7. The molecule has 1 fully saturated rings. The van der Waals surface area contributed by atoms with Crippen LogP contribution >= 0.6 is 22.9 Å². The summed E-state index contributed by atoms with van der Waals surface area (Å²) in [5.74, 6) is -0.199. The molecule has 1 aliphatic heterocycles. The van der Waals surface area contributed by atoms with E-state index in [-0.39, 0.29) is 11.9 Å². The van der Waals surface area contributed by atoms with Gasteiger partial charge < -0.3 is 9.64 Å². The maximum atomic E-state index is 12.7. The zero-order valence-corrected chi connectivity index (χ0v) is 17.1. The van der Waals surface area contributed by atoms with E-state index in [0.29, 0.717) is 37.8 Å². The van der Waals surface area contributed by atoms with Crippen molar-refractivity contribution in [1.82, 2.24) is 9.80 Å². The molecule has 1 unspecified atom stereocenters. The number of amides is 1. The Bertz CT molecular complexity index is 798. The van der Waals surface area contributed by atoms with Gasteiger partial charge in [0.1, 0.15) is 6.04 Å². The Kier molecular flexibility index (Phi) is 6.52. The molecule has 1 aromatic heterocycles. The predicted octanol–water partition coefficient (Wildman–Crippen LogP) is 3.77. The molecule has 1 aliphatic rings. The second kappa shape index (κ2) is 8.87. The topological polar surface area (TPSA) is 49.9 Å². The molecule has 3 rings (SSSR count). The maximum Gasteiger partial charge on any atom is 0.328 e. The number of ether oxygens (including phenoxy) is 1. The van der Waals surface area contributed by atoms with Crippen LogP contribution in [-0.2, 0) is 9.53 Å². The number of nitrogens with zero attached hydrogens (tertiary/aromatic N) is 2. The van der Waals surface area contributed by atoms with Crippen molar-refractivity contribution in [2.75, 3.05) is 32.8 Å². The molecular formula is C20H23ClN2O3S.